The number of carbonyl (C=O) groups excluding carboxylic acids is 2. The lowest BCUT2D eigenvalue weighted by Crippen LogP contribution is -2.59. The number of para-hydroxylation sites is 1. The van der Waals surface area contributed by atoms with Crippen molar-refractivity contribution < 1.29 is 19.1 Å². The van der Waals surface area contributed by atoms with Crippen LogP contribution in [0.5, 0.6) is 5.75 Å². The van der Waals surface area contributed by atoms with Gasteiger partial charge in [0.15, 0.2) is 6.61 Å². The van der Waals surface area contributed by atoms with Crippen LogP contribution in [0.15, 0.2) is 42.6 Å². The van der Waals surface area contributed by atoms with E-state index in [1.165, 1.54) is 0 Å². The van der Waals surface area contributed by atoms with Gasteiger partial charge < -0.3 is 19.3 Å². The number of ether oxygens (including phenoxy) is 2. The minimum absolute atomic E-state index is 0.0223. The molecule has 2 saturated heterocycles. The number of pyridine rings is 1. The van der Waals surface area contributed by atoms with E-state index in [0.29, 0.717) is 51.3 Å². The SMILES string of the molecule is Cc1ccccc1OCC(=O)N1CCC2(CC1)CN(C(=O)c1ncccc1C)CCO2. The van der Waals surface area contributed by atoms with E-state index in [-0.39, 0.29) is 18.4 Å². The second-order valence-electron chi connectivity index (χ2n) is 8.36. The zero-order valence-electron chi connectivity index (χ0n) is 18.2. The van der Waals surface area contributed by atoms with Crippen LogP contribution in [0.2, 0.25) is 0 Å². The molecule has 2 fully saturated rings. The molecule has 3 heterocycles. The molecule has 2 aromatic rings. The van der Waals surface area contributed by atoms with E-state index in [4.69, 9.17) is 9.47 Å². The Balaban J connectivity index is 1.33. The molecule has 4 rings (SSSR count). The first-order valence-electron chi connectivity index (χ1n) is 10.8. The molecule has 0 N–H and O–H groups in total. The predicted molar refractivity (Wildman–Crippen MR) is 116 cm³/mol. The number of rotatable bonds is 4. The summed E-state index contributed by atoms with van der Waals surface area (Å²) in [5.41, 5.74) is 1.99. The minimum Gasteiger partial charge on any atom is -0.484 e. The van der Waals surface area contributed by atoms with Crippen LogP contribution >= 0.6 is 0 Å². The molecule has 1 aromatic heterocycles. The molecule has 7 heteroatoms. The number of aryl methyl sites for hydroxylation is 2. The standard InChI is InChI=1S/C24H29N3O4/c1-18-6-3-4-8-20(18)30-16-21(28)26-12-9-24(10-13-26)17-27(14-15-31-24)23(29)22-19(2)7-5-11-25-22/h3-8,11H,9-10,12-17H2,1-2H3. The molecule has 7 nitrogen and oxygen atoms in total. The van der Waals surface area contributed by atoms with Gasteiger partial charge in [0, 0.05) is 25.8 Å². The van der Waals surface area contributed by atoms with Crippen molar-refractivity contribution >= 4 is 11.8 Å². The molecule has 0 unspecified atom stereocenters. The second kappa shape index (κ2) is 9.06. The van der Waals surface area contributed by atoms with Gasteiger partial charge in [0.25, 0.3) is 11.8 Å². The Morgan fingerprint density at radius 3 is 2.52 bits per heavy atom. The van der Waals surface area contributed by atoms with Crippen molar-refractivity contribution in [1.29, 1.82) is 0 Å². The fourth-order valence-electron chi connectivity index (χ4n) is 4.29. The van der Waals surface area contributed by atoms with Crippen LogP contribution < -0.4 is 4.74 Å². The highest BCUT2D eigenvalue weighted by atomic mass is 16.5. The fraction of sp³-hybridized carbons (Fsp3) is 0.458. The topological polar surface area (TPSA) is 72.0 Å². The summed E-state index contributed by atoms with van der Waals surface area (Å²) in [6.07, 6.45) is 3.06. The Bertz CT molecular complexity index is 953. The number of piperidine rings is 1. The average molecular weight is 424 g/mol. The number of aromatic nitrogens is 1. The summed E-state index contributed by atoms with van der Waals surface area (Å²) >= 11 is 0. The Morgan fingerprint density at radius 1 is 1.03 bits per heavy atom. The van der Waals surface area contributed by atoms with Crippen LogP contribution in [0.25, 0.3) is 0 Å². The molecule has 0 radical (unpaired) electrons. The molecule has 31 heavy (non-hydrogen) atoms. The Morgan fingerprint density at radius 2 is 1.77 bits per heavy atom. The summed E-state index contributed by atoms with van der Waals surface area (Å²) in [6, 6.07) is 11.4. The normalized spacial score (nSPS) is 18.1. The maximum absolute atomic E-state index is 13.0. The maximum atomic E-state index is 13.0. The van der Waals surface area contributed by atoms with Gasteiger partial charge in [-0.3, -0.25) is 14.6 Å². The number of carbonyl (C=O) groups is 2. The first-order chi connectivity index (χ1) is 15.0. The quantitative estimate of drug-likeness (QED) is 0.756. The summed E-state index contributed by atoms with van der Waals surface area (Å²) in [5.74, 6) is 0.663. The van der Waals surface area contributed by atoms with Gasteiger partial charge in [-0.15, -0.1) is 0 Å². The van der Waals surface area contributed by atoms with E-state index in [1.54, 1.807) is 6.20 Å². The molecule has 2 amide bonds. The van der Waals surface area contributed by atoms with Crippen LogP contribution in [0.1, 0.15) is 34.5 Å². The zero-order valence-corrected chi connectivity index (χ0v) is 18.2. The lowest BCUT2D eigenvalue weighted by Gasteiger charge is -2.47. The Labute approximate surface area is 183 Å². The van der Waals surface area contributed by atoms with Crippen molar-refractivity contribution in [2.24, 2.45) is 0 Å². The molecule has 0 bridgehead atoms. The molecular weight excluding hydrogens is 394 g/mol. The molecule has 2 aliphatic heterocycles. The number of morpholine rings is 1. The van der Waals surface area contributed by atoms with Gasteiger partial charge >= 0.3 is 0 Å². The third-order valence-electron chi connectivity index (χ3n) is 6.22. The van der Waals surface area contributed by atoms with Crippen molar-refractivity contribution in [2.75, 3.05) is 39.4 Å². The maximum Gasteiger partial charge on any atom is 0.272 e. The lowest BCUT2D eigenvalue weighted by atomic mass is 9.89. The van der Waals surface area contributed by atoms with Crippen molar-refractivity contribution in [3.63, 3.8) is 0 Å². The largest absolute Gasteiger partial charge is 0.484 e. The lowest BCUT2D eigenvalue weighted by molar-refractivity contribution is -0.148. The molecule has 0 aliphatic carbocycles. The molecule has 0 atom stereocenters. The Hall–Kier alpha value is -2.93. The van der Waals surface area contributed by atoms with E-state index in [2.05, 4.69) is 4.98 Å². The van der Waals surface area contributed by atoms with E-state index >= 15 is 0 Å². The van der Waals surface area contributed by atoms with E-state index < -0.39 is 5.60 Å². The number of hydrogen-bond acceptors (Lipinski definition) is 5. The Kier molecular flexibility index (Phi) is 6.23. The van der Waals surface area contributed by atoms with Crippen molar-refractivity contribution in [3.8, 4) is 5.75 Å². The van der Waals surface area contributed by atoms with Gasteiger partial charge in [-0.1, -0.05) is 24.3 Å². The number of hydrogen-bond donors (Lipinski definition) is 0. The monoisotopic (exact) mass is 423 g/mol. The summed E-state index contributed by atoms with van der Waals surface area (Å²) in [6.45, 7) is 6.68. The summed E-state index contributed by atoms with van der Waals surface area (Å²) in [7, 11) is 0. The molecule has 164 valence electrons. The van der Waals surface area contributed by atoms with Crippen LogP contribution in [0.4, 0.5) is 0 Å². The van der Waals surface area contributed by atoms with Gasteiger partial charge in [0.05, 0.1) is 18.8 Å². The second-order valence-corrected chi connectivity index (χ2v) is 8.36. The average Bonchev–Trinajstić information content (AvgIpc) is 2.79. The number of nitrogens with zero attached hydrogens (tertiary/aromatic N) is 3. The molecule has 1 aromatic carbocycles. The van der Waals surface area contributed by atoms with Gasteiger partial charge in [-0.25, -0.2) is 0 Å². The highest BCUT2D eigenvalue weighted by Gasteiger charge is 2.42. The first-order valence-corrected chi connectivity index (χ1v) is 10.8. The third-order valence-corrected chi connectivity index (χ3v) is 6.22. The molecular formula is C24H29N3O4. The summed E-state index contributed by atoms with van der Waals surface area (Å²) in [5, 5.41) is 0. The van der Waals surface area contributed by atoms with Gasteiger partial charge in [-0.05, 0) is 49.9 Å². The highest BCUT2D eigenvalue weighted by Crippen LogP contribution is 2.31. The van der Waals surface area contributed by atoms with Crippen molar-refractivity contribution in [2.45, 2.75) is 32.3 Å². The summed E-state index contributed by atoms with van der Waals surface area (Å²) < 4.78 is 11.9. The highest BCUT2D eigenvalue weighted by molar-refractivity contribution is 5.93. The zero-order chi connectivity index (χ0) is 21.8. The number of likely N-dealkylation sites (tertiary alicyclic amines) is 1. The van der Waals surface area contributed by atoms with Gasteiger partial charge in [0.1, 0.15) is 11.4 Å². The van der Waals surface area contributed by atoms with E-state index in [1.807, 2.05) is 60.0 Å². The van der Waals surface area contributed by atoms with Gasteiger partial charge in [0.2, 0.25) is 0 Å². The van der Waals surface area contributed by atoms with Crippen LogP contribution in [0, 0.1) is 13.8 Å². The molecule has 0 saturated carbocycles. The van der Waals surface area contributed by atoms with Crippen LogP contribution in [-0.4, -0.2) is 71.6 Å². The molecule has 1 spiro atoms. The van der Waals surface area contributed by atoms with Crippen LogP contribution in [-0.2, 0) is 9.53 Å². The van der Waals surface area contributed by atoms with Crippen molar-refractivity contribution in [1.82, 2.24) is 14.8 Å². The van der Waals surface area contributed by atoms with E-state index in [9.17, 15) is 9.59 Å². The predicted octanol–water partition coefficient (Wildman–Crippen LogP) is 2.61. The smallest absolute Gasteiger partial charge is 0.272 e. The van der Waals surface area contributed by atoms with E-state index in [0.717, 1.165) is 16.9 Å². The number of benzene rings is 1. The minimum atomic E-state index is -0.399. The molecule has 2 aliphatic rings. The fourth-order valence-corrected chi connectivity index (χ4v) is 4.29. The van der Waals surface area contributed by atoms with Crippen LogP contribution in [0.3, 0.4) is 0 Å². The third kappa shape index (κ3) is 4.71. The van der Waals surface area contributed by atoms with Crippen molar-refractivity contribution in [3.05, 3.63) is 59.4 Å². The first kappa shape index (κ1) is 21.3. The number of amides is 2. The van der Waals surface area contributed by atoms with Gasteiger partial charge in [-0.2, -0.15) is 0 Å². The summed E-state index contributed by atoms with van der Waals surface area (Å²) in [4.78, 5) is 33.6.